The second-order valence-electron chi connectivity index (χ2n) is 8.83. The highest BCUT2D eigenvalue weighted by Crippen LogP contribution is 2.34. The van der Waals surface area contributed by atoms with Crippen molar-refractivity contribution in [2.24, 2.45) is 5.73 Å². The Morgan fingerprint density at radius 3 is 2.63 bits per heavy atom. The number of aromatic amines is 2. The number of aromatic nitrogens is 7. The minimum atomic E-state index is 0.204. The molecule has 5 aromatic heterocycles. The van der Waals surface area contributed by atoms with E-state index in [9.17, 15) is 0 Å². The third-order valence-corrected chi connectivity index (χ3v) is 6.49. The molecule has 0 spiro atoms. The van der Waals surface area contributed by atoms with E-state index < -0.39 is 0 Å². The quantitative estimate of drug-likeness (QED) is 0.366. The summed E-state index contributed by atoms with van der Waals surface area (Å²) in [5.74, 6) is 0.850. The maximum atomic E-state index is 5.94. The smallest absolute Gasteiger partial charge is 0.147 e. The van der Waals surface area contributed by atoms with Gasteiger partial charge >= 0.3 is 0 Å². The number of rotatable bonds is 4. The van der Waals surface area contributed by atoms with Crippen LogP contribution in [0.5, 0.6) is 0 Å². The van der Waals surface area contributed by atoms with Gasteiger partial charge in [-0.3, -0.25) is 20.1 Å². The zero-order valence-corrected chi connectivity index (χ0v) is 18.7. The van der Waals surface area contributed by atoms with E-state index in [-0.39, 0.29) is 6.04 Å². The SMILES string of the molecule is NC1CN(c2cncc(-c3ccc4[nH]nc(-c5cc6c(-c7cccnc7)cncc6[nH]5)c4c3)n2)C1. The summed E-state index contributed by atoms with van der Waals surface area (Å²) in [7, 11) is 0. The minimum Gasteiger partial charge on any atom is -0.352 e. The number of anilines is 1. The third-order valence-electron chi connectivity index (χ3n) is 6.49. The molecule has 1 aliphatic heterocycles. The first-order valence-corrected chi connectivity index (χ1v) is 11.4. The molecule has 6 heterocycles. The maximum absolute atomic E-state index is 5.94. The van der Waals surface area contributed by atoms with Crippen LogP contribution in [-0.4, -0.2) is 54.2 Å². The molecule has 1 saturated heterocycles. The van der Waals surface area contributed by atoms with Crippen molar-refractivity contribution in [2.75, 3.05) is 18.0 Å². The van der Waals surface area contributed by atoms with Crippen LogP contribution in [0.25, 0.3) is 55.6 Å². The molecule has 35 heavy (non-hydrogen) atoms. The fourth-order valence-corrected chi connectivity index (χ4v) is 4.66. The molecule has 0 saturated carbocycles. The van der Waals surface area contributed by atoms with Crippen molar-refractivity contribution >= 4 is 27.6 Å². The topological polar surface area (TPSA) is 125 Å². The van der Waals surface area contributed by atoms with Gasteiger partial charge in [0.15, 0.2) is 0 Å². The molecule has 1 aliphatic rings. The predicted molar refractivity (Wildman–Crippen MR) is 136 cm³/mol. The number of nitrogens with two attached hydrogens (primary N) is 1. The Labute approximate surface area is 200 Å². The van der Waals surface area contributed by atoms with Crippen molar-refractivity contribution in [1.82, 2.24) is 35.1 Å². The summed E-state index contributed by atoms with van der Waals surface area (Å²) < 4.78 is 0. The van der Waals surface area contributed by atoms with Crippen LogP contribution in [0.2, 0.25) is 0 Å². The highest BCUT2D eigenvalue weighted by atomic mass is 15.3. The van der Waals surface area contributed by atoms with Gasteiger partial charge in [0.05, 0.1) is 41.0 Å². The first-order chi connectivity index (χ1) is 17.2. The number of benzene rings is 1. The summed E-state index contributed by atoms with van der Waals surface area (Å²) in [5, 5.41) is 9.86. The van der Waals surface area contributed by atoms with Crippen molar-refractivity contribution in [1.29, 1.82) is 0 Å². The van der Waals surface area contributed by atoms with Gasteiger partial charge in [0.25, 0.3) is 0 Å². The third kappa shape index (κ3) is 3.32. The summed E-state index contributed by atoms with van der Waals surface area (Å²) in [4.78, 5) is 23.6. The molecule has 6 aromatic rings. The van der Waals surface area contributed by atoms with Gasteiger partial charge in [-0.1, -0.05) is 12.1 Å². The molecule has 170 valence electrons. The molecular weight excluding hydrogens is 438 g/mol. The monoisotopic (exact) mass is 459 g/mol. The van der Waals surface area contributed by atoms with Gasteiger partial charge in [-0.15, -0.1) is 0 Å². The fourth-order valence-electron chi connectivity index (χ4n) is 4.66. The van der Waals surface area contributed by atoms with E-state index in [4.69, 9.17) is 10.7 Å². The van der Waals surface area contributed by atoms with Crippen LogP contribution in [0.4, 0.5) is 5.82 Å². The Morgan fingerprint density at radius 1 is 0.857 bits per heavy atom. The standard InChI is InChI=1S/C26H21N9/c27-17-13-35(14-17)25-12-30-10-23(32-25)15-3-4-21-19(6-15)26(34-33-21)22-7-18-20(9-29-11-24(18)31-22)16-2-1-5-28-8-16/h1-12,17,31H,13-14,27H2,(H,33,34). The first kappa shape index (κ1) is 19.8. The Morgan fingerprint density at radius 2 is 1.77 bits per heavy atom. The number of pyridine rings is 2. The van der Waals surface area contributed by atoms with E-state index in [1.54, 1.807) is 18.6 Å². The van der Waals surface area contributed by atoms with E-state index in [0.29, 0.717) is 0 Å². The van der Waals surface area contributed by atoms with E-state index >= 15 is 0 Å². The lowest BCUT2D eigenvalue weighted by atomic mass is 10.0. The molecule has 9 nitrogen and oxygen atoms in total. The zero-order chi connectivity index (χ0) is 23.4. The molecule has 0 aliphatic carbocycles. The van der Waals surface area contributed by atoms with Gasteiger partial charge in [-0.25, -0.2) is 4.98 Å². The number of nitrogens with zero attached hydrogens (tertiary/aromatic N) is 6. The van der Waals surface area contributed by atoms with E-state index in [1.807, 2.05) is 42.9 Å². The molecule has 0 radical (unpaired) electrons. The van der Waals surface area contributed by atoms with Crippen LogP contribution < -0.4 is 10.6 Å². The average Bonchev–Trinajstić information content (AvgIpc) is 3.51. The predicted octanol–water partition coefficient (Wildman–Crippen LogP) is 3.77. The Hall–Kier alpha value is -4.63. The van der Waals surface area contributed by atoms with Crippen LogP contribution in [-0.2, 0) is 0 Å². The summed E-state index contributed by atoms with van der Waals surface area (Å²) in [6.07, 6.45) is 10.9. The number of hydrogen-bond donors (Lipinski definition) is 3. The molecule has 1 fully saturated rings. The van der Waals surface area contributed by atoms with Crippen LogP contribution in [0.1, 0.15) is 0 Å². The van der Waals surface area contributed by atoms with Crippen LogP contribution >= 0.6 is 0 Å². The first-order valence-electron chi connectivity index (χ1n) is 11.4. The molecule has 0 atom stereocenters. The van der Waals surface area contributed by atoms with Crippen LogP contribution in [0.15, 0.2) is 73.6 Å². The minimum absolute atomic E-state index is 0.204. The van der Waals surface area contributed by atoms with Gasteiger partial charge in [0, 0.05) is 65.2 Å². The lowest BCUT2D eigenvalue weighted by molar-refractivity contribution is 0.514. The van der Waals surface area contributed by atoms with Crippen LogP contribution in [0.3, 0.4) is 0 Å². The molecule has 4 N–H and O–H groups in total. The van der Waals surface area contributed by atoms with Crippen molar-refractivity contribution in [2.45, 2.75) is 6.04 Å². The van der Waals surface area contributed by atoms with Crippen molar-refractivity contribution < 1.29 is 0 Å². The lowest BCUT2D eigenvalue weighted by Crippen LogP contribution is -2.56. The largest absolute Gasteiger partial charge is 0.352 e. The number of nitrogens with one attached hydrogen (secondary N) is 2. The Balaban J connectivity index is 1.31. The van der Waals surface area contributed by atoms with Gasteiger partial charge in [0.1, 0.15) is 11.5 Å². The molecule has 0 amide bonds. The van der Waals surface area contributed by atoms with E-state index in [0.717, 1.165) is 74.5 Å². The lowest BCUT2D eigenvalue weighted by Gasteiger charge is -2.37. The summed E-state index contributed by atoms with van der Waals surface area (Å²) in [6, 6.07) is 12.5. The molecular formula is C26H21N9. The fraction of sp³-hybridized carbons (Fsp3) is 0.115. The molecule has 9 heteroatoms. The van der Waals surface area contributed by atoms with Crippen molar-refractivity contribution in [3.8, 4) is 33.8 Å². The Bertz CT molecular complexity index is 1680. The Kier molecular flexibility index (Phi) is 4.36. The van der Waals surface area contributed by atoms with Gasteiger partial charge < -0.3 is 15.6 Å². The number of fused-ring (bicyclic) bond motifs is 2. The maximum Gasteiger partial charge on any atom is 0.147 e. The normalized spacial score (nSPS) is 14.0. The second-order valence-corrected chi connectivity index (χ2v) is 8.83. The summed E-state index contributed by atoms with van der Waals surface area (Å²) in [5.41, 5.74) is 13.4. The zero-order valence-electron chi connectivity index (χ0n) is 18.7. The van der Waals surface area contributed by atoms with Gasteiger partial charge in [-0.2, -0.15) is 5.10 Å². The molecule has 0 unspecified atom stereocenters. The molecule has 1 aromatic carbocycles. The highest BCUT2D eigenvalue weighted by Gasteiger charge is 2.24. The van der Waals surface area contributed by atoms with Crippen LogP contribution in [0, 0.1) is 0 Å². The van der Waals surface area contributed by atoms with Gasteiger partial charge in [0.2, 0.25) is 0 Å². The molecule has 7 rings (SSSR count). The second kappa shape index (κ2) is 7.71. The van der Waals surface area contributed by atoms with Crippen molar-refractivity contribution in [3.63, 3.8) is 0 Å². The van der Waals surface area contributed by atoms with E-state index in [1.165, 1.54) is 0 Å². The van der Waals surface area contributed by atoms with Gasteiger partial charge in [-0.05, 0) is 24.3 Å². The van der Waals surface area contributed by atoms with E-state index in [2.05, 4.69) is 47.2 Å². The molecule has 0 bridgehead atoms. The highest BCUT2D eigenvalue weighted by molar-refractivity contribution is 6.01. The summed E-state index contributed by atoms with van der Waals surface area (Å²) >= 11 is 0. The summed E-state index contributed by atoms with van der Waals surface area (Å²) in [6.45, 7) is 1.61. The number of hydrogen-bond acceptors (Lipinski definition) is 7. The number of H-pyrrole nitrogens is 2. The average molecular weight is 460 g/mol. The van der Waals surface area contributed by atoms with Crippen molar-refractivity contribution in [3.05, 3.63) is 73.6 Å².